The third-order valence-electron chi connectivity index (χ3n) is 2.32. The minimum absolute atomic E-state index is 0.686. The average molecular weight is 342 g/mol. The molecule has 1 aromatic carbocycles. The number of rotatable bonds is 1. The van der Waals surface area contributed by atoms with Crippen LogP contribution in [-0.2, 0) is 0 Å². The summed E-state index contributed by atoms with van der Waals surface area (Å²) in [6.07, 6.45) is 1.63. The van der Waals surface area contributed by atoms with Gasteiger partial charge in [0.1, 0.15) is 5.82 Å². The molecule has 0 atom stereocenters. The first kappa shape index (κ1) is 10.1. The van der Waals surface area contributed by atoms with E-state index in [1.807, 2.05) is 24.3 Å². The molecule has 0 spiro atoms. The van der Waals surface area contributed by atoms with Gasteiger partial charge in [-0.05, 0) is 40.2 Å². The summed E-state index contributed by atoms with van der Waals surface area (Å²) in [6, 6.07) is 7.81. The molecule has 3 nitrogen and oxygen atoms in total. The molecule has 0 aliphatic carbocycles. The molecule has 1 N–H and O–H groups in total. The maximum absolute atomic E-state index is 5.19. The largest absolute Gasteiger partial charge is 0.457 e. The molecule has 0 unspecified atom stereocenters. The van der Waals surface area contributed by atoms with Crippen LogP contribution in [0, 0.1) is 0 Å². The van der Waals surface area contributed by atoms with E-state index >= 15 is 0 Å². The first-order valence-corrected chi connectivity index (χ1v) is 6.21. The van der Waals surface area contributed by atoms with Gasteiger partial charge < -0.3 is 9.40 Å². The second kappa shape index (κ2) is 3.75. The summed E-state index contributed by atoms with van der Waals surface area (Å²) in [7, 11) is 0. The van der Waals surface area contributed by atoms with Gasteiger partial charge >= 0.3 is 0 Å². The van der Waals surface area contributed by atoms with Gasteiger partial charge in [-0.2, -0.15) is 0 Å². The third-order valence-corrected chi connectivity index (χ3v) is 3.42. The quantitative estimate of drug-likeness (QED) is 0.715. The van der Waals surface area contributed by atoms with Crippen molar-refractivity contribution in [1.82, 2.24) is 9.97 Å². The molecule has 0 aliphatic heterocycles. The standard InChI is InChI=1S/C11H6Br2N2O/c12-6-1-2-8-9(5-6)15-11(14-8)7-3-4-16-10(7)13/h1-5H,(H,14,15). The molecule has 0 saturated heterocycles. The number of furan rings is 1. The third kappa shape index (κ3) is 1.60. The summed E-state index contributed by atoms with van der Waals surface area (Å²) in [4.78, 5) is 7.74. The van der Waals surface area contributed by atoms with E-state index in [0.29, 0.717) is 4.67 Å². The lowest BCUT2D eigenvalue weighted by atomic mass is 10.3. The zero-order chi connectivity index (χ0) is 11.1. The predicted octanol–water partition coefficient (Wildman–Crippen LogP) is 4.35. The summed E-state index contributed by atoms with van der Waals surface area (Å²) in [6.45, 7) is 0. The van der Waals surface area contributed by atoms with E-state index in [1.54, 1.807) is 6.26 Å². The molecule has 5 heteroatoms. The van der Waals surface area contributed by atoms with Crippen molar-refractivity contribution in [2.45, 2.75) is 0 Å². The average Bonchev–Trinajstić information content (AvgIpc) is 2.82. The Labute approximate surface area is 108 Å². The number of halogens is 2. The molecular weight excluding hydrogens is 336 g/mol. The van der Waals surface area contributed by atoms with Crippen LogP contribution in [0.2, 0.25) is 0 Å². The fourth-order valence-corrected chi connectivity index (χ4v) is 2.36. The lowest BCUT2D eigenvalue weighted by Gasteiger charge is -1.89. The summed E-state index contributed by atoms with van der Waals surface area (Å²) < 4.78 is 6.90. The molecule has 0 fully saturated rings. The molecule has 2 aromatic heterocycles. The lowest BCUT2D eigenvalue weighted by molar-refractivity contribution is 0.542. The molecule has 3 rings (SSSR count). The number of fused-ring (bicyclic) bond motifs is 1. The van der Waals surface area contributed by atoms with E-state index in [-0.39, 0.29) is 0 Å². The van der Waals surface area contributed by atoms with E-state index in [2.05, 4.69) is 41.8 Å². The molecule has 0 amide bonds. The van der Waals surface area contributed by atoms with Crippen LogP contribution in [-0.4, -0.2) is 9.97 Å². The molecule has 3 aromatic rings. The maximum atomic E-state index is 5.19. The highest BCUT2D eigenvalue weighted by Crippen LogP contribution is 2.29. The predicted molar refractivity (Wildman–Crippen MR) is 69.2 cm³/mol. The van der Waals surface area contributed by atoms with Crippen molar-refractivity contribution in [3.05, 3.63) is 39.7 Å². The van der Waals surface area contributed by atoms with Crippen molar-refractivity contribution in [3.8, 4) is 11.4 Å². The number of hydrogen-bond donors (Lipinski definition) is 1. The number of aromatic nitrogens is 2. The van der Waals surface area contributed by atoms with Crippen molar-refractivity contribution >= 4 is 42.9 Å². The first-order valence-electron chi connectivity index (χ1n) is 4.63. The van der Waals surface area contributed by atoms with Crippen LogP contribution < -0.4 is 0 Å². The summed E-state index contributed by atoms with van der Waals surface area (Å²) in [5.74, 6) is 0.800. The summed E-state index contributed by atoms with van der Waals surface area (Å²) >= 11 is 6.77. The van der Waals surface area contributed by atoms with E-state index in [9.17, 15) is 0 Å². The van der Waals surface area contributed by atoms with Crippen molar-refractivity contribution in [3.63, 3.8) is 0 Å². The summed E-state index contributed by atoms with van der Waals surface area (Å²) in [5.41, 5.74) is 2.86. The number of nitrogens with zero attached hydrogens (tertiary/aromatic N) is 1. The Bertz CT molecular complexity index is 657. The minimum atomic E-state index is 0.686. The molecule has 0 aliphatic rings. The zero-order valence-electron chi connectivity index (χ0n) is 8.00. The maximum Gasteiger partial charge on any atom is 0.179 e. The van der Waals surface area contributed by atoms with Gasteiger partial charge in [-0.25, -0.2) is 4.98 Å². The highest BCUT2D eigenvalue weighted by Gasteiger charge is 2.10. The van der Waals surface area contributed by atoms with Crippen LogP contribution in [0.5, 0.6) is 0 Å². The Morgan fingerprint density at radius 3 is 2.81 bits per heavy atom. The minimum Gasteiger partial charge on any atom is -0.457 e. The van der Waals surface area contributed by atoms with Gasteiger partial charge in [0.2, 0.25) is 0 Å². The molecular formula is C11H6Br2N2O. The van der Waals surface area contributed by atoms with Gasteiger partial charge in [0.25, 0.3) is 0 Å². The van der Waals surface area contributed by atoms with Crippen LogP contribution in [0.4, 0.5) is 0 Å². The van der Waals surface area contributed by atoms with Gasteiger partial charge in [-0.3, -0.25) is 0 Å². The van der Waals surface area contributed by atoms with Crippen molar-refractivity contribution in [2.75, 3.05) is 0 Å². The molecule has 80 valence electrons. The van der Waals surface area contributed by atoms with Gasteiger partial charge in [0.15, 0.2) is 4.67 Å². The SMILES string of the molecule is Brc1ccc2nc(-c3ccoc3Br)[nH]c2c1. The first-order chi connectivity index (χ1) is 7.74. The lowest BCUT2D eigenvalue weighted by Crippen LogP contribution is -1.76. The van der Waals surface area contributed by atoms with E-state index in [1.165, 1.54) is 0 Å². The van der Waals surface area contributed by atoms with E-state index < -0.39 is 0 Å². The van der Waals surface area contributed by atoms with Gasteiger partial charge in [-0.15, -0.1) is 0 Å². The molecule has 16 heavy (non-hydrogen) atoms. The number of nitrogens with one attached hydrogen (secondary N) is 1. The Balaban J connectivity index is 2.23. The molecule has 0 saturated carbocycles. The number of benzene rings is 1. The van der Waals surface area contributed by atoms with E-state index in [4.69, 9.17) is 4.42 Å². The fourth-order valence-electron chi connectivity index (χ4n) is 1.57. The van der Waals surface area contributed by atoms with Gasteiger partial charge in [0.05, 0.1) is 22.9 Å². The Hall–Kier alpha value is -1.07. The second-order valence-corrected chi connectivity index (χ2v) is 4.99. The van der Waals surface area contributed by atoms with Crippen molar-refractivity contribution in [2.24, 2.45) is 0 Å². The smallest absolute Gasteiger partial charge is 0.179 e. The number of imidazole rings is 1. The zero-order valence-corrected chi connectivity index (χ0v) is 11.2. The topological polar surface area (TPSA) is 41.8 Å². The van der Waals surface area contributed by atoms with Gasteiger partial charge in [0, 0.05) is 4.47 Å². The van der Waals surface area contributed by atoms with E-state index in [0.717, 1.165) is 26.9 Å². The highest BCUT2D eigenvalue weighted by atomic mass is 79.9. The van der Waals surface area contributed by atoms with Crippen LogP contribution in [0.3, 0.4) is 0 Å². The number of aromatic amines is 1. The van der Waals surface area contributed by atoms with Crippen LogP contribution >= 0.6 is 31.9 Å². The fraction of sp³-hybridized carbons (Fsp3) is 0. The van der Waals surface area contributed by atoms with Gasteiger partial charge in [-0.1, -0.05) is 15.9 Å². The van der Waals surface area contributed by atoms with Crippen molar-refractivity contribution in [1.29, 1.82) is 0 Å². The van der Waals surface area contributed by atoms with Crippen LogP contribution in [0.15, 0.2) is 44.1 Å². The Morgan fingerprint density at radius 2 is 2.06 bits per heavy atom. The molecule has 2 heterocycles. The Morgan fingerprint density at radius 1 is 1.19 bits per heavy atom. The molecule has 0 radical (unpaired) electrons. The molecule has 0 bridgehead atoms. The van der Waals surface area contributed by atoms with Crippen LogP contribution in [0.25, 0.3) is 22.4 Å². The monoisotopic (exact) mass is 340 g/mol. The number of hydrogen-bond acceptors (Lipinski definition) is 2. The second-order valence-electron chi connectivity index (χ2n) is 3.35. The number of H-pyrrole nitrogens is 1. The summed E-state index contributed by atoms with van der Waals surface area (Å²) in [5, 5.41) is 0. The van der Waals surface area contributed by atoms with Crippen LogP contribution in [0.1, 0.15) is 0 Å². The normalized spacial score (nSPS) is 11.1. The Kier molecular flexibility index (Phi) is 2.37. The highest BCUT2D eigenvalue weighted by molar-refractivity contribution is 9.10. The van der Waals surface area contributed by atoms with Crippen molar-refractivity contribution < 1.29 is 4.42 Å².